The summed E-state index contributed by atoms with van der Waals surface area (Å²) in [7, 11) is 0. The monoisotopic (exact) mass is 397 g/mol. The molecule has 0 saturated carbocycles. The van der Waals surface area contributed by atoms with Crippen LogP contribution in [0.3, 0.4) is 0 Å². The van der Waals surface area contributed by atoms with E-state index in [4.69, 9.17) is 11.6 Å². The minimum Gasteiger partial charge on any atom is -0.347 e. The molecular formula is C21H17ClFN3O2. The number of hydrogen-bond acceptors (Lipinski definition) is 3. The Morgan fingerprint density at radius 1 is 1.07 bits per heavy atom. The Hall–Kier alpha value is -3.25. The molecule has 0 bridgehead atoms. The molecule has 3 aromatic rings. The highest BCUT2D eigenvalue weighted by Crippen LogP contribution is 2.20. The molecule has 28 heavy (non-hydrogen) atoms. The molecule has 0 radical (unpaired) electrons. The predicted octanol–water partition coefficient (Wildman–Crippen LogP) is 4.36. The third-order valence-corrected chi connectivity index (χ3v) is 4.49. The maximum Gasteiger partial charge on any atom is 0.270 e. The van der Waals surface area contributed by atoms with Crippen molar-refractivity contribution in [2.45, 2.75) is 13.5 Å². The lowest BCUT2D eigenvalue weighted by Gasteiger charge is -2.09. The molecule has 3 rings (SSSR count). The number of benzene rings is 2. The first-order valence-corrected chi connectivity index (χ1v) is 8.87. The fourth-order valence-corrected chi connectivity index (χ4v) is 2.66. The summed E-state index contributed by atoms with van der Waals surface area (Å²) in [4.78, 5) is 28.7. The molecule has 0 aliphatic heterocycles. The van der Waals surface area contributed by atoms with Gasteiger partial charge in [0.15, 0.2) is 0 Å². The predicted molar refractivity (Wildman–Crippen MR) is 106 cm³/mol. The third-order valence-electron chi connectivity index (χ3n) is 4.08. The minimum atomic E-state index is -0.503. The molecule has 0 aliphatic rings. The number of anilines is 1. The zero-order valence-corrected chi connectivity index (χ0v) is 15.8. The van der Waals surface area contributed by atoms with Crippen LogP contribution in [0, 0.1) is 12.7 Å². The number of hydrogen-bond donors (Lipinski definition) is 2. The van der Waals surface area contributed by atoms with Crippen molar-refractivity contribution in [3.05, 3.63) is 94.0 Å². The van der Waals surface area contributed by atoms with Gasteiger partial charge in [0.25, 0.3) is 11.8 Å². The maximum atomic E-state index is 13.6. The van der Waals surface area contributed by atoms with Gasteiger partial charge in [-0.1, -0.05) is 35.9 Å². The lowest BCUT2D eigenvalue weighted by Crippen LogP contribution is -2.25. The van der Waals surface area contributed by atoms with E-state index in [9.17, 15) is 14.0 Å². The Labute approximate surface area is 166 Å². The van der Waals surface area contributed by atoms with E-state index >= 15 is 0 Å². The number of halogens is 2. The van der Waals surface area contributed by atoms with Gasteiger partial charge in [-0.25, -0.2) is 4.39 Å². The molecular weight excluding hydrogens is 381 g/mol. The van der Waals surface area contributed by atoms with Crippen LogP contribution < -0.4 is 10.6 Å². The van der Waals surface area contributed by atoms with Crippen molar-refractivity contribution in [3.63, 3.8) is 0 Å². The average Bonchev–Trinajstić information content (AvgIpc) is 2.70. The van der Waals surface area contributed by atoms with Crippen LogP contribution in [-0.2, 0) is 6.54 Å². The van der Waals surface area contributed by atoms with E-state index in [2.05, 4.69) is 15.6 Å². The van der Waals surface area contributed by atoms with Gasteiger partial charge in [0.1, 0.15) is 11.5 Å². The second kappa shape index (κ2) is 8.63. The second-order valence-corrected chi connectivity index (χ2v) is 6.53. The first-order valence-electron chi connectivity index (χ1n) is 8.49. The van der Waals surface area contributed by atoms with Crippen molar-refractivity contribution < 1.29 is 14.0 Å². The first-order chi connectivity index (χ1) is 13.4. The van der Waals surface area contributed by atoms with Crippen LogP contribution in [0.2, 0.25) is 5.02 Å². The van der Waals surface area contributed by atoms with E-state index in [0.717, 1.165) is 5.56 Å². The summed E-state index contributed by atoms with van der Waals surface area (Å²) in [5, 5.41) is 5.86. The van der Waals surface area contributed by atoms with Crippen molar-refractivity contribution in [3.8, 4) is 0 Å². The molecule has 0 fully saturated rings. The second-order valence-electron chi connectivity index (χ2n) is 6.12. The van der Waals surface area contributed by atoms with Crippen LogP contribution in [0.1, 0.15) is 32.0 Å². The average molecular weight is 398 g/mol. The molecule has 0 spiro atoms. The zero-order chi connectivity index (χ0) is 20.1. The molecule has 1 heterocycles. The van der Waals surface area contributed by atoms with E-state index in [0.29, 0.717) is 16.3 Å². The van der Waals surface area contributed by atoms with Gasteiger partial charge in [0.05, 0.1) is 0 Å². The molecule has 2 amide bonds. The van der Waals surface area contributed by atoms with Crippen LogP contribution in [0.4, 0.5) is 10.1 Å². The summed E-state index contributed by atoms with van der Waals surface area (Å²) in [5.41, 5.74) is 2.13. The topological polar surface area (TPSA) is 71.1 Å². The van der Waals surface area contributed by atoms with Gasteiger partial charge in [-0.15, -0.1) is 0 Å². The summed E-state index contributed by atoms with van der Waals surface area (Å²) in [6.07, 6.45) is 1.37. The quantitative estimate of drug-likeness (QED) is 0.671. The van der Waals surface area contributed by atoms with Crippen LogP contribution >= 0.6 is 11.6 Å². The molecule has 5 nitrogen and oxygen atoms in total. The normalized spacial score (nSPS) is 10.4. The van der Waals surface area contributed by atoms with E-state index in [1.165, 1.54) is 24.4 Å². The maximum absolute atomic E-state index is 13.6. The van der Waals surface area contributed by atoms with E-state index in [-0.39, 0.29) is 17.8 Å². The highest BCUT2D eigenvalue weighted by Gasteiger charge is 2.13. The van der Waals surface area contributed by atoms with Gasteiger partial charge >= 0.3 is 0 Å². The van der Waals surface area contributed by atoms with Crippen molar-refractivity contribution in [2.24, 2.45) is 0 Å². The molecule has 0 aliphatic carbocycles. The highest BCUT2D eigenvalue weighted by molar-refractivity contribution is 6.31. The van der Waals surface area contributed by atoms with Crippen LogP contribution in [0.5, 0.6) is 0 Å². The summed E-state index contributed by atoms with van der Waals surface area (Å²) < 4.78 is 13.6. The summed E-state index contributed by atoms with van der Waals surface area (Å²) in [6, 6.07) is 14.2. The molecule has 0 saturated heterocycles. The first kappa shape index (κ1) is 19.5. The van der Waals surface area contributed by atoms with Gasteiger partial charge in [0.2, 0.25) is 0 Å². The smallest absolute Gasteiger partial charge is 0.270 e. The van der Waals surface area contributed by atoms with E-state index < -0.39 is 17.6 Å². The highest BCUT2D eigenvalue weighted by atomic mass is 35.5. The number of carbonyl (C=O) groups excluding carboxylic acids is 2. The third kappa shape index (κ3) is 4.72. The van der Waals surface area contributed by atoms with Gasteiger partial charge < -0.3 is 10.6 Å². The Bertz CT molecular complexity index is 1040. The Morgan fingerprint density at radius 2 is 1.86 bits per heavy atom. The Balaban J connectivity index is 1.68. The van der Waals surface area contributed by atoms with Crippen LogP contribution in [-0.4, -0.2) is 16.8 Å². The van der Waals surface area contributed by atoms with E-state index in [1.807, 2.05) is 6.92 Å². The van der Waals surface area contributed by atoms with Gasteiger partial charge in [0, 0.05) is 34.6 Å². The Morgan fingerprint density at radius 3 is 2.61 bits per heavy atom. The van der Waals surface area contributed by atoms with E-state index in [1.54, 1.807) is 36.4 Å². The largest absolute Gasteiger partial charge is 0.347 e. The van der Waals surface area contributed by atoms with Crippen molar-refractivity contribution in [2.75, 3.05) is 5.32 Å². The fourth-order valence-electron chi connectivity index (χ4n) is 2.48. The van der Waals surface area contributed by atoms with Crippen molar-refractivity contribution in [1.29, 1.82) is 0 Å². The van der Waals surface area contributed by atoms with Gasteiger partial charge in [-0.3, -0.25) is 14.6 Å². The van der Waals surface area contributed by atoms with Crippen molar-refractivity contribution in [1.82, 2.24) is 10.3 Å². The minimum absolute atomic E-state index is 0.0193. The molecule has 142 valence electrons. The van der Waals surface area contributed by atoms with Crippen LogP contribution in [0.15, 0.2) is 60.8 Å². The zero-order valence-electron chi connectivity index (χ0n) is 15.0. The standard InChI is InChI=1S/C21H17ClFN3O2/c1-13-6-7-16(11-17(13)22)26-20(27)14-8-9-24-19(10-14)21(28)25-12-15-4-2-3-5-18(15)23/h2-11H,12H2,1H3,(H,25,28)(H,26,27). The number of amides is 2. The summed E-state index contributed by atoms with van der Waals surface area (Å²) in [5.74, 6) is -1.30. The number of carbonyl (C=O) groups is 2. The number of pyridine rings is 1. The number of nitrogens with one attached hydrogen (secondary N) is 2. The molecule has 2 N–H and O–H groups in total. The number of nitrogens with zero attached hydrogens (tertiary/aromatic N) is 1. The molecule has 0 unspecified atom stereocenters. The van der Waals surface area contributed by atoms with Gasteiger partial charge in [-0.05, 0) is 42.8 Å². The SMILES string of the molecule is Cc1ccc(NC(=O)c2ccnc(C(=O)NCc3ccccc3F)c2)cc1Cl. The van der Waals surface area contributed by atoms with Crippen molar-refractivity contribution >= 4 is 29.1 Å². The summed E-state index contributed by atoms with van der Waals surface area (Å²) >= 11 is 6.07. The molecule has 0 atom stereocenters. The molecule has 1 aromatic heterocycles. The van der Waals surface area contributed by atoms with Gasteiger partial charge in [-0.2, -0.15) is 0 Å². The Kier molecular flexibility index (Phi) is 6.01. The fraction of sp³-hybridized carbons (Fsp3) is 0.0952. The number of aromatic nitrogens is 1. The number of aryl methyl sites for hydroxylation is 1. The lowest BCUT2D eigenvalue weighted by atomic mass is 10.1. The number of rotatable bonds is 5. The lowest BCUT2D eigenvalue weighted by molar-refractivity contribution is 0.0945. The molecule has 2 aromatic carbocycles. The molecule has 7 heteroatoms. The van der Waals surface area contributed by atoms with Crippen LogP contribution in [0.25, 0.3) is 0 Å². The summed E-state index contributed by atoms with van der Waals surface area (Å²) in [6.45, 7) is 1.88.